The van der Waals surface area contributed by atoms with E-state index in [1.807, 2.05) is 29.4 Å². The Morgan fingerprint density at radius 2 is 2.14 bits per heavy atom. The van der Waals surface area contributed by atoms with Crippen LogP contribution in [0, 0.1) is 0 Å². The molecule has 0 aromatic heterocycles. The third kappa shape index (κ3) is 4.40. The van der Waals surface area contributed by atoms with E-state index in [1.54, 1.807) is 11.8 Å². The SMILES string of the molecule is CSCC[C@H](NC(N)=O)C(=O)N1CC[C@H](c2ccccc2)C1. The quantitative estimate of drug-likeness (QED) is 0.839. The van der Waals surface area contributed by atoms with Gasteiger partial charge in [0.1, 0.15) is 6.04 Å². The topological polar surface area (TPSA) is 75.4 Å². The Kier molecular flexibility index (Phi) is 6.12. The molecule has 3 N–H and O–H groups in total. The first-order valence-corrected chi connectivity index (χ1v) is 8.90. The van der Waals surface area contributed by atoms with E-state index < -0.39 is 12.1 Å². The lowest BCUT2D eigenvalue weighted by Gasteiger charge is -2.23. The predicted molar refractivity (Wildman–Crippen MR) is 89.9 cm³/mol. The highest BCUT2D eigenvalue weighted by atomic mass is 32.2. The Hall–Kier alpha value is -1.69. The molecule has 0 bridgehead atoms. The van der Waals surface area contributed by atoms with Crippen molar-refractivity contribution in [3.63, 3.8) is 0 Å². The first kappa shape index (κ1) is 16.7. The molecule has 6 heteroatoms. The van der Waals surface area contributed by atoms with Crippen LogP contribution in [0.4, 0.5) is 4.79 Å². The van der Waals surface area contributed by atoms with Crippen LogP contribution >= 0.6 is 11.8 Å². The number of benzene rings is 1. The Morgan fingerprint density at radius 1 is 1.41 bits per heavy atom. The number of rotatable bonds is 6. The van der Waals surface area contributed by atoms with Gasteiger partial charge in [-0.05, 0) is 30.4 Å². The van der Waals surface area contributed by atoms with Crippen molar-refractivity contribution in [1.82, 2.24) is 10.2 Å². The van der Waals surface area contributed by atoms with Crippen LogP contribution in [-0.2, 0) is 4.79 Å². The maximum absolute atomic E-state index is 12.6. The summed E-state index contributed by atoms with van der Waals surface area (Å²) in [6.45, 7) is 1.44. The summed E-state index contributed by atoms with van der Waals surface area (Å²) in [7, 11) is 0. The van der Waals surface area contributed by atoms with Gasteiger partial charge in [-0.1, -0.05) is 30.3 Å². The van der Waals surface area contributed by atoms with Crippen molar-refractivity contribution in [2.75, 3.05) is 25.1 Å². The van der Waals surface area contributed by atoms with Gasteiger partial charge in [0.15, 0.2) is 0 Å². The molecular weight excluding hydrogens is 298 g/mol. The van der Waals surface area contributed by atoms with Crippen LogP contribution in [0.2, 0.25) is 0 Å². The van der Waals surface area contributed by atoms with Crippen LogP contribution in [-0.4, -0.2) is 48.0 Å². The third-order valence-electron chi connectivity index (χ3n) is 4.00. The lowest BCUT2D eigenvalue weighted by molar-refractivity contribution is -0.132. The number of amides is 3. The molecule has 2 atom stereocenters. The molecule has 1 fully saturated rings. The Morgan fingerprint density at radius 3 is 2.77 bits per heavy atom. The number of carbonyl (C=O) groups excluding carboxylic acids is 2. The number of primary amides is 1. The first-order valence-electron chi connectivity index (χ1n) is 7.50. The second-order valence-corrected chi connectivity index (χ2v) is 6.51. The van der Waals surface area contributed by atoms with E-state index in [9.17, 15) is 9.59 Å². The van der Waals surface area contributed by atoms with Crippen molar-refractivity contribution in [2.24, 2.45) is 5.73 Å². The number of nitrogens with two attached hydrogens (primary N) is 1. The van der Waals surface area contributed by atoms with Crippen LogP contribution in [0.1, 0.15) is 24.3 Å². The van der Waals surface area contributed by atoms with E-state index in [2.05, 4.69) is 17.4 Å². The van der Waals surface area contributed by atoms with Crippen LogP contribution < -0.4 is 11.1 Å². The molecule has 0 radical (unpaired) electrons. The number of hydrogen-bond donors (Lipinski definition) is 2. The van der Waals surface area contributed by atoms with Gasteiger partial charge in [-0.2, -0.15) is 11.8 Å². The van der Waals surface area contributed by atoms with E-state index in [4.69, 9.17) is 5.73 Å². The average Bonchev–Trinajstić information content (AvgIpc) is 3.01. The second-order valence-electron chi connectivity index (χ2n) is 5.52. The Balaban J connectivity index is 1.97. The molecule has 1 aliphatic heterocycles. The molecular formula is C16H23N3O2S. The predicted octanol–water partition coefficient (Wildman–Crippen LogP) is 1.79. The van der Waals surface area contributed by atoms with E-state index >= 15 is 0 Å². The van der Waals surface area contributed by atoms with Crippen molar-refractivity contribution in [2.45, 2.75) is 24.8 Å². The van der Waals surface area contributed by atoms with Crippen molar-refractivity contribution in [1.29, 1.82) is 0 Å². The number of nitrogens with zero attached hydrogens (tertiary/aromatic N) is 1. The van der Waals surface area contributed by atoms with Crippen LogP contribution in [0.25, 0.3) is 0 Å². The molecule has 22 heavy (non-hydrogen) atoms. The summed E-state index contributed by atoms with van der Waals surface area (Å²) in [5.41, 5.74) is 6.46. The van der Waals surface area contributed by atoms with E-state index in [1.165, 1.54) is 5.56 Å². The summed E-state index contributed by atoms with van der Waals surface area (Å²) < 4.78 is 0. The minimum absolute atomic E-state index is 0.0220. The van der Waals surface area contributed by atoms with E-state index in [0.717, 1.165) is 18.7 Å². The van der Waals surface area contributed by atoms with Gasteiger partial charge < -0.3 is 16.0 Å². The van der Waals surface area contributed by atoms with Gasteiger partial charge in [0.25, 0.3) is 0 Å². The highest BCUT2D eigenvalue weighted by Gasteiger charge is 2.31. The molecule has 1 aliphatic rings. The van der Waals surface area contributed by atoms with Gasteiger partial charge in [-0.25, -0.2) is 4.79 Å². The second kappa shape index (κ2) is 8.08. The zero-order valence-electron chi connectivity index (χ0n) is 12.8. The summed E-state index contributed by atoms with van der Waals surface area (Å²) in [5, 5.41) is 2.58. The van der Waals surface area contributed by atoms with E-state index in [-0.39, 0.29) is 5.91 Å². The first-order chi connectivity index (χ1) is 10.6. The zero-order valence-corrected chi connectivity index (χ0v) is 13.6. The fraction of sp³-hybridized carbons (Fsp3) is 0.500. The lowest BCUT2D eigenvalue weighted by atomic mass is 9.99. The lowest BCUT2D eigenvalue weighted by Crippen LogP contribution is -2.49. The van der Waals surface area contributed by atoms with Gasteiger partial charge >= 0.3 is 6.03 Å². The highest BCUT2D eigenvalue weighted by Crippen LogP contribution is 2.27. The molecule has 1 aromatic rings. The third-order valence-corrected chi connectivity index (χ3v) is 4.64. The van der Waals surface area contributed by atoms with Crippen molar-refractivity contribution in [3.8, 4) is 0 Å². The zero-order chi connectivity index (χ0) is 15.9. The van der Waals surface area contributed by atoms with Gasteiger partial charge in [-0.15, -0.1) is 0 Å². The Bertz CT molecular complexity index is 509. The van der Waals surface area contributed by atoms with Gasteiger partial charge in [0.2, 0.25) is 5.91 Å². The number of thioether (sulfide) groups is 1. The minimum atomic E-state index is -0.641. The summed E-state index contributed by atoms with van der Waals surface area (Å²) in [6.07, 6.45) is 3.55. The number of urea groups is 1. The normalized spacial score (nSPS) is 19.0. The molecule has 1 saturated heterocycles. The molecule has 3 amide bonds. The number of likely N-dealkylation sites (tertiary alicyclic amines) is 1. The molecule has 0 saturated carbocycles. The molecule has 1 aromatic carbocycles. The van der Waals surface area contributed by atoms with Gasteiger partial charge in [-0.3, -0.25) is 4.79 Å². The smallest absolute Gasteiger partial charge is 0.312 e. The molecule has 0 aliphatic carbocycles. The summed E-state index contributed by atoms with van der Waals surface area (Å²) in [5.74, 6) is 1.17. The van der Waals surface area contributed by atoms with Crippen molar-refractivity contribution >= 4 is 23.7 Å². The van der Waals surface area contributed by atoms with Crippen molar-refractivity contribution < 1.29 is 9.59 Å². The largest absolute Gasteiger partial charge is 0.352 e. The van der Waals surface area contributed by atoms with Crippen LogP contribution in [0.15, 0.2) is 30.3 Å². The fourth-order valence-corrected chi connectivity index (χ4v) is 3.31. The molecule has 0 unspecified atom stereocenters. The van der Waals surface area contributed by atoms with Crippen LogP contribution in [0.3, 0.4) is 0 Å². The van der Waals surface area contributed by atoms with Crippen LogP contribution in [0.5, 0.6) is 0 Å². The monoisotopic (exact) mass is 321 g/mol. The van der Waals surface area contributed by atoms with Crippen molar-refractivity contribution in [3.05, 3.63) is 35.9 Å². The number of nitrogens with one attached hydrogen (secondary N) is 1. The molecule has 5 nitrogen and oxygen atoms in total. The van der Waals surface area contributed by atoms with Gasteiger partial charge in [0, 0.05) is 19.0 Å². The Labute approximate surface area is 135 Å². The molecule has 2 rings (SSSR count). The molecule has 1 heterocycles. The average molecular weight is 321 g/mol. The number of carbonyl (C=O) groups is 2. The maximum Gasteiger partial charge on any atom is 0.312 e. The molecule has 120 valence electrons. The standard InChI is InChI=1S/C16H23N3O2S/c1-22-10-8-14(18-16(17)21)15(20)19-9-7-13(11-19)12-5-3-2-4-6-12/h2-6,13-14H,7-11H2,1H3,(H3,17,18,21)/t13-,14-/m0/s1. The van der Waals surface area contributed by atoms with E-state index in [0.29, 0.717) is 18.9 Å². The number of hydrogen-bond acceptors (Lipinski definition) is 3. The highest BCUT2D eigenvalue weighted by molar-refractivity contribution is 7.98. The fourth-order valence-electron chi connectivity index (χ4n) is 2.84. The van der Waals surface area contributed by atoms with Gasteiger partial charge in [0.05, 0.1) is 0 Å². The summed E-state index contributed by atoms with van der Waals surface area (Å²) >= 11 is 1.65. The summed E-state index contributed by atoms with van der Waals surface area (Å²) in [4.78, 5) is 25.6. The maximum atomic E-state index is 12.6. The molecule has 0 spiro atoms. The minimum Gasteiger partial charge on any atom is -0.352 e. The summed E-state index contributed by atoms with van der Waals surface area (Å²) in [6, 6.07) is 9.09.